The van der Waals surface area contributed by atoms with Gasteiger partial charge in [-0.05, 0) is 57.7 Å². The number of aromatic nitrogens is 6. The number of ether oxygens (including phenoxy) is 1. The lowest BCUT2D eigenvalue weighted by atomic mass is 9.98. The quantitative estimate of drug-likeness (QED) is 0.304. The molecular formula is C28H28N6O2. The first kappa shape index (κ1) is 23.6. The molecule has 0 aliphatic rings. The van der Waals surface area contributed by atoms with E-state index in [2.05, 4.69) is 45.6 Å². The number of methoxy groups -OCH3 is 1. The zero-order chi connectivity index (χ0) is 24.9. The Morgan fingerprint density at radius 1 is 0.944 bits per heavy atom. The molecule has 2 aromatic heterocycles. The van der Waals surface area contributed by atoms with Crippen molar-refractivity contribution >= 4 is 10.9 Å². The standard InChI is InChI=1S/C28H28N6O2/c1-3-4-7-20-12-15-26-25(16-20)28(35)33(18-29-26)17-21-10-13-22(14-11-21)23-8-5-6-9-24(23)27-30-31-32-34(27)19-36-2/h5-6,8-16,18H,3-4,7,17,19H2,1-2H3. The molecule has 0 unspecified atom stereocenters. The van der Waals surface area contributed by atoms with E-state index in [1.807, 2.05) is 48.5 Å². The molecule has 0 aliphatic carbocycles. The summed E-state index contributed by atoms with van der Waals surface area (Å²) in [5.41, 5.74) is 5.88. The minimum absolute atomic E-state index is 0.0160. The molecule has 5 rings (SSSR count). The van der Waals surface area contributed by atoms with Gasteiger partial charge in [0.2, 0.25) is 0 Å². The molecule has 8 heteroatoms. The van der Waals surface area contributed by atoms with Gasteiger partial charge in [0.1, 0.15) is 6.73 Å². The minimum Gasteiger partial charge on any atom is -0.362 e. The monoisotopic (exact) mass is 480 g/mol. The minimum atomic E-state index is -0.0160. The van der Waals surface area contributed by atoms with Gasteiger partial charge in [-0.3, -0.25) is 9.36 Å². The summed E-state index contributed by atoms with van der Waals surface area (Å²) in [6.07, 6.45) is 4.84. The second-order valence-corrected chi connectivity index (χ2v) is 8.79. The molecule has 0 bridgehead atoms. The maximum atomic E-state index is 13.2. The molecule has 36 heavy (non-hydrogen) atoms. The molecule has 0 saturated carbocycles. The Morgan fingerprint density at radius 2 is 1.72 bits per heavy atom. The van der Waals surface area contributed by atoms with E-state index < -0.39 is 0 Å². The Balaban J connectivity index is 1.42. The lowest BCUT2D eigenvalue weighted by molar-refractivity contribution is 0.120. The molecular weight excluding hydrogens is 452 g/mol. The van der Waals surface area contributed by atoms with Crippen molar-refractivity contribution in [2.24, 2.45) is 0 Å². The van der Waals surface area contributed by atoms with Crippen LogP contribution in [-0.2, 0) is 24.4 Å². The van der Waals surface area contributed by atoms with E-state index in [0.717, 1.165) is 47.0 Å². The van der Waals surface area contributed by atoms with Gasteiger partial charge in [-0.15, -0.1) is 5.10 Å². The number of fused-ring (bicyclic) bond motifs is 1. The van der Waals surface area contributed by atoms with Crippen molar-refractivity contribution in [2.45, 2.75) is 39.5 Å². The Kier molecular flexibility index (Phi) is 6.95. The Morgan fingerprint density at radius 3 is 2.50 bits per heavy atom. The van der Waals surface area contributed by atoms with Crippen LogP contribution in [-0.4, -0.2) is 36.9 Å². The lowest BCUT2D eigenvalue weighted by Gasteiger charge is -2.11. The number of unbranched alkanes of at least 4 members (excludes halogenated alkanes) is 1. The van der Waals surface area contributed by atoms with Crippen molar-refractivity contribution in [3.63, 3.8) is 0 Å². The van der Waals surface area contributed by atoms with Crippen molar-refractivity contribution in [1.29, 1.82) is 0 Å². The van der Waals surface area contributed by atoms with Crippen LogP contribution in [0.4, 0.5) is 0 Å². The molecule has 0 aliphatic heterocycles. The van der Waals surface area contributed by atoms with E-state index in [0.29, 0.717) is 17.8 Å². The van der Waals surface area contributed by atoms with Gasteiger partial charge in [-0.1, -0.05) is 67.9 Å². The molecule has 0 N–H and O–H groups in total. The summed E-state index contributed by atoms with van der Waals surface area (Å²) in [5, 5.41) is 12.7. The predicted molar refractivity (Wildman–Crippen MR) is 139 cm³/mol. The third kappa shape index (κ3) is 4.81. The zero-order valence-corrected chi connectivity index (χ0v) is 20.5. The zero-order valence-electron chi connectivity index (χ0n) is 20.5. The number of nitrogens with zero attached hydrogens (tertiary/aromatic N) is 6. The third-order valence-electron chi connectivity index (χ3n) is 6.28. The molecule has 5 aromatic rings. The summed E-state index contributed by atoms with van der Waals surface area (Å²) in [6.45, 7) is 2.89. The van der Waals surface area contributed by atoms with Crippen molar-refractivity contribution in [3.8, 4) is 22.5 Å². The second kappa shape index (κ2) is 10.6. The average molecular weight is 481 g/mol. The molecule has 0 radical (unpaired) electrons. The summed E-state index contributed by atoms with van der Waals surface area (Å²) in [5.74, 6) is 0.642. The lowest BCUT2D eigenvalue weighted by Crippen LogP contribution is -2.21. The normalized spacial score (nSPS) is 11.3. The van der Waals surface area contributed by atoms with E-state index in [1.54, 1.807) is 22.7 Å². The summed E-state index contributed by atoms with van der Waals surface area (Å²) in [6, 6.07) is 22.2. The molecule has 8 nitrogen and oxygen atoms in total. The van der Waals surface area contributed by atoms with Crippen LogP contribution in [0.25, 0.3) is 33.4 Å². The van der Waals surface area contributed by atoms with Crippen molar-refractivity contribution in [3.05, 3.63) is 94.5 Å². The molecule has 0 saturated heterocycles. The fraction of sp³-hybridized carbons (Fsp3) is 0.250. The Labute approximate surface area is 209 Å². The fourth-order valence-corrected chi connectivity index (χ4v) is 4.38. The largest absolute Gasteiger partial charge is 0.362 e. The first-order chi connectivity index (χ1) is 17.7. The Hall–Kier alpha value is -4.17. The van der Waals surface area contributed by atoms with E-state index in [1.165, 1.54) is 5.56 Å². The maximum Gasteiger partial charge on any atom is 0.261 e. The van der Waals surface area contributed by atoms with Gasteiger partial charge in [0.15, 0.2) is 5.82 Å². The van der Waals surface area contributed by atoms with Crippen LogP contribution in [0.2, 0.25) is 0 Å². The summed E-state index contributed by atoms with van der Waals surface area (Å²) in [4.78, 5) is 17.7. The van der Waals surface area contributed by atoms with Gasteiger partial charge in [-0.2, -0.15) is 4.68 Å². The van der Waals surface area contributed by atoms with Crippen LogP contribution >= 0.6 is 0 Å². The highest BCUT2D eigenvalue weighted by atomic mass is 16.5. The molecule has 182 valence electrons. The third-order valence-corrected chi connectivity index (χ3v) is 6.28. The van der Waals surface area contributed by atoms with Gasteiger partial charge in [0.05, 0.1) is 23.8 Å². The van der Waals surface area contributed by atoms with Crippen LogP contribution in [0.3, 0.4) is 0 Å². The number of rotatable bonds is 9. The molecule has 0 atom stereocenters. The fourth-order valence-electron chi connectivity index (χ4n) is 4.38. The second-order valence-electron chi connectivity index (χ2n) is 8.79. The number of hydrogen-bond donors (Lipinski definition) is 0. The van der Waals surface area contributed by atoms with Crippen molar-refractivity contribution < 1.29 is 4.74 Å². The van der Waals surface area contributed by atoms with Gasteiger partial charge < -0.3 is 4.74 Å². The van der Waals surface area contributed by atoms with E-state index in [-0.39, 0.29) is 12.3 Å². The van der Waals surface area contributed by atoms with Crippen LogP contribution in [0.5, 0.6) is 0 Å². The first-order valence-electron chi connectivity index (χ1n) is 12.1. The van der Waals surface area contributed by atoms with Gasteiger partial charge in [0.25, 0.3) is 5.56 Å². The van der Waals surface area contributed by atoms with Crippen LogP contribution in [0.15, 0.2) is 77.9 Å². The number of aryl methyl sites for hydroxylation is 1. The summed E-state index contributed by atoms with van der Waals surface area (Å²) >= 11 is 0. The van der Waals surface area contributed by atoms with Crippen LogP contribution < -0.4 is 5.56 Å². The Bertz CT molecular complexity index is 1540. The van der Waals surface area contributed by atoms with E-state index in [4.69, 9.17) is 4.74 Å². The molecule has 0 fully saturated rings. The molecule has 0 amide bonds. The summed E-state index contributed by atoms with van der Waals surface area (Å²) in [7, 11) is 1.61. The van der Waals surface area contributed by atoms with Crippen molar-refractivity contribution in [2.75, 3.05) is 7.11 Å². The molecule has 2 heterocycles. The van der Waals surface area contributed by atoms with Gasteiger partial charge in [0, 0.05) is 12.7 Å². The molecule has 0 spiro atoms. The highest BCUT2D eigenvalue weighted by molar-refractivity contribution is 5.80. The topological polar surface area (TPSA) is 87.7 Å². The predicted octanol–water partition coefficient (Wildman–Crippen LogP) is 4.71. The SMILES string of the molecule is CCCCc1ccc2ncn(Cc3ccc(-c4ccccc4-c4nnnn4COC)cc3)c(=O)c2c1. The van der Waals surface area contributed by atoms with Crippen molar-refractivity contribution in [1.82, 2.24) is 29.8 Å². The van der Waals surface area contributed by atoms with Gasteiger partial charge in [-0.25, -0.2) is 4.98 Å². The number of tetrazole rings is 1. The van der Waals surface area contributed by atoms with Crippen LogP contribution in [0, 0.1) is 0 Å². The van der Waals surface area contributed by atoms with E-state index in [9.17, 15) is 4.79 Å². The highest BCUT2D eigenvalue weighted by Gasteiger charge is 2.14. The average Bonchev–Trinajstić information content (AvgIpc) is 3.38. The highest BCUT2D eigenvalue weighted by Crippen LogP contribution is 2.30. The first-order valence-corrected chi connectivity index (χ1v) is 12.1. The number of hydrogen-bond acceptors (Lipinski definition) is 6. The smallest absolute Gasteiger partial charge is 0.261 e. The van der Waals surface area contributed by atoms with Crippen LogP contribution in [0.1, 0.15) is 30.9 Å². The molecule has 3 aromatic carbocycles. The number of benzene rings is 3. The van der Waals surface area contributed by atoms with Gasteiger partial charge >= 0.3 is 0 Å². The maximum absolute atomic E-state index is 13.2. The van der Waals surface area contributed by atoms with E-state index >= 15 is 0 Å². The summed E-state index contributed by atoms with van der Waals surface area (Å²) < 4.78 is 8.51.